The Morgan fingerprint density at radius 2 is 2.12 bits per heavy atom. The van der Waals surface area contributed by atoms with Gasteiger partial charge in [-0.1, -0.05) is 5.16 Å². The quantitative estimate of drug-likeness (QED) is 0.519. The van der Waals surface area contributed by atoms with Crippen molar-refractivity contribution in [2.45, 2.75) is 19.8 Å². The number of benzene rings is 1. The van der Waals surface area contributed by atoms with Crippen LogP contribution in [0.1, 0.15) is 28.9 Å². The van der Waals surface area contributed by atoms with Crippen LogP contribution in [0.4, 0.5) is 4.39 Å². The summed E-state index contributed by atoms with van der Waals surface area (Å²) in [4.78, 5) is 16.8. The highest BCUT2D eigenvalue weighted by atomic mass is 19.1. The van der Waals surface area contributed by atoms with Gasteiger partial charge in [-0.2, -0.15) is 5.26 Å². The van der Waals surface area contributed by atoms with E-state index in [-0.39, 0.29) is 23.7 Å². The molecule has 0 N–H and O–H groups in total. The van der Waals surface area contributed by atoms with E-state index in [0.29, 0.717) is 35.2 Å². The Bertz CT molecular complexity index is 958. The Kier molecular flexibility index (Phi) is 4.70. The maximum Gasteiger partial charge on any atom is 0.339 e. The summed E-state index contributed by atoms with van der Waals surface area (Å²) < 4.78 is 23.5. The summed E-state index contributed by atoms with van der Waals surface area (Å²) in [5, 5.41) is 12.9. The van der Waals surface area contributed by atoms with Gasteiger partial charge in [0.1, 0.15) is 5.82 Å². The maximum absolute atomic E-state index is 13.1. The smallest absolute Gasteiger partial charge is 0.339 e. The Balaban J connectivity index is 2.00. The molecule has 126 valence electrons. The number of ether oxygens (including phenoxy) is 1. The Labute approximate surface area is 142 Å². The lowest BCUT2D eigenvalue weighted by Gasteiger charge is -2.07. The SMILES string of the molecule is Cc1noc2nc(-c3ccc(F)cc3)cc(C(=O)OCCCC#N)c12. The van der Waals surface area contributed by atoms with Crippen molar-refractivity contribution >= 4 is 17.1 Å². The van der Waals surface area contributed by atoms with Crippen LogP contribution in [0.5, 0.6) is 0 Å². The van der Waals surface area contributed by atoms with Crippen LogP contribution in [0.3, 0.4) is 0 Å². The van der Waals surface area contributed by atoms with Crippen LogP contribution in [0, 0.1) is 24.1 Å². The second-order valence-corrected chi connectivity index (χ2v) is 5.41. The Hall–Kier alpha value is -3.27. The van der Waals surface area contributed by atoms with E-state index in [1.54, 1.807) is 25.1 Å². The van der Waals surface area contributed by atoms with Crippen LogP contribution >= 0.6 is 0 Å². The average molecular weight is 339 g/mol. The number of esters is 1. The zero-order valence-corrected chi connectivity index (χ0v) is 13.5. The summed E-state index contributed by atoms with van der Waals surface area (Å²) in [5.41, 5.74) is 2.10. The molecule has 25 heavy (non-hydrogen) atoms. The molecule has 2 heterocycles. The summed E-state index contributed by atoms with van der Waals surface area (Å²) in [6, 6.07) is 9.32. The number of nitriles is 1. The average Bonchev–Trinajstić information content (AvgIpc) is 2.99. The number of carbonyl (C=O) groups is 1. The Morgan fingerprint density at radius 1 is 1.36 bits per heavy atom. The van der Waals surface area contributed by atoms with E-state index in [9.17, 15) is 9.18 Å². The minimum atomic E-state index is -0.542. The largest absolute Gasteiger partial charge is 0.462 e. The first-order valence-corrected chi connectivity index (χ1v) is 7.67. The van der Waals surface area contributed by atoms with Crippen LogP contribution in [-0.2, 0) is 4.74 Å². The van der Waals surface area contributed by atoms with Gasteiger partial charge in [-0.05, 0) is 43.7 Å². The molecule has 0 aliphatic carbocycles. The molecule has 0 bridgehead atoms. The third-order valence-electron chi connectivity index (χ3n) is 3.64. The molecule has 6 nitrogen and oxygen atoms in total. The van der Waals surface area contributed by atoms with E-state index in [2.05, 4.69) is 10.1 Å². The Morgan fingerprint density at radius 3 is 2.84 bits per heavy atom. The first-order valence-electron chi connectivity index (χ1n) is 7.67. The monoisotopic (exact) mass is 339 g/mol. The maximum atomic E-state index is 13.1. The molecule has 0 atom stereocenters. The first-order chi connectivity index (χ1) is 12.1. The number of aromatic nitrogens is 2. The molecule has 3 rings (SSSR count). The molecule has 0 spiro atoms. The number of fused-ring (bicyclic) bond motifs is 1. The number of hydrogen-bond donors (Lipinski definition) is 0. The molecule has 0 aliphatic rings. The third kappa shape index (κ3) is 3.48. The van der Waals surface area contributed by atoms with Crippen molar-refractivity contribution in [2.24, 2.45) is 0 Å². The molecular formula is C18H14FN3O3. The molecule has 0 fully saturated rings. The predicted octanol–water partition coefficient (Wildman–Crippen LogP) is 3.80. The summed E-state index contributed by atoms with van der Waals surface area (Å²) in [6.45, 7) is 1.85. The zero-order valence-electron chi connectivity index (χ0n) is 13.5. The van der Waals surface area contributed by atoms with Gasteiger partial charge in [0, 0.05) is 12.0 Å². The van der Waals surface area contributed by atoms with Crippen molar-refractivity contribution in [3.8, 4) is 17.3 Å². The molecule has 2 aromatic heterocycles. The predicted molar refractivity (Wildman–Crippen MR) is 87.1 cm³/mol. The van der Waals surface area contributed by atoms with Crippen LogP contribution in [-0.4, -0.2) is 22.7 Å². The molecular weight excluding hydrogens is 325 g/mol. The number of hydrogen-bond acceptors (Lipinski definition) is 6. The molecule has 1 aromatic carbocycles. The number of carbonyl (C=O) groups excluding carboxylic acids is 1. The fourth-order valence-corrected chi connectivity index (χ4v) is 2.42. The van der Waals surface area contributed by atoms with Gasteiger partial charge in [0.2, 0.25) is 0 Å². The van der Waals surface area contributed by atoms with Gasteiger partial charge in [0.05, 0.1) is 35.0 Å². The van der Waals surface area contributed by atoms with E-state index in [1.165, 1.54) is 12.1 Å². The molecule has 0 unspecified atom stereocenters. The molecule has 0 saturated carbocycles. The highest BCUT2D eigenvalue weighted by Crippen LogP contribution is 2.27. The summed E-state index contributed by atoms with van der Waals surface area (Å²) >= 11 is 0. The second-order valence-electron chi connectivity index (χ2n) is 5.41. The lowest BCUT2D eigenvalue weighted by atomic mass is 10.1. The number of unbranched alkanes of at least 4 members (excludes halogenated alkanes) is 1. The highest BCUT2D eigenvalue weighted by Gasteiger charge is 2.20. The van der Waals surface area contributed by atoms with Crippen LogP contribution in [0.15, 0.2) is 34.9 Å². The fourth-order valence-electron chi connectivity index (χ4n) is 2.42. The second kappa shape index (κ2) is 7.09. The van der Waals surface area contributed by atoms with Gasteiger partial charge < -0.3 is 9.26 Å². The number of pyridine rings is 1. The lowest BCUT2D eigenvalue weighted by Crippen LogP contribution is -2.08. The van der Waals surface area contributed by atoms with Gasteiger partial charge in [-0.25, -0.2) is 14.2 Å². The van der Waals surface area contributed by atoms with Gasteiger partial charge >= 0.3 is 5.97 Å². The molecule has 0 amide bonds. The van der Waals surface area contributed by atoms with Gasteiger partial charge in [0.25, 0.3) is 5.71 Å². The highest BCUT2D eigenvalue weighted by molar-refractivity contribution is 6.04. The zero-order chi connectivity index (χ0) is 17.8. The van der Waals surface area contributed by atoms with Gasteiger partial charge in [-0.15, -0.1) is 0 Å². The molecule has 0 aliphatic heterocycles. The standard InChI is InChI=1S/C18H14FN3O3/c1-11-16-14(18(23)24-9-3-2-8-20)10-15(21-17(16)25-22-11)12-4-6-13(19)7-5-12/h4-7,10H,2-3,9H2,1H3. The minimum absolute atomic E-state index is 0.145. The van der Waals surface area contributed by atoms with Crippen LogP contribution in [0.25, 0.3) is 22.4 Å². The summed E-state index contributed by atoms with van der Waals surface area (Å²) in [6.07, 6.45) is 0.774. The van der Waals surface area contributed by atoms with Crippen molar-refractivity contribution in [1.82, 2.24) is 10.1 Å². The van der Waals surface area contributed by atoms with Crippen molar-refractivity contribution in [3.05, 3.63) is 47.4 Å². The fraction of sp³-hybridized carbons (Fsp3) is 0.222. The van der Waals surface area contributed by atoms with E-state index in [1.807, 2.05) is 6.07 Å². The summed E-state index contributed by atoms with van der Waals surface area (Å²) in [5.74, 6) is -0.905. The van der Waals surface area contributed by atoms with Crippen molar-refractivity contribution in [2.75, 3.05) is 6.61 Å². The molecule has 0 saturated heterocycles. The summed E-state index contributed by atoms with van der Waals surface area (Å²) in [7, 11) is 0. The van der Waals surface area contributed by atoms with Crippen LogP contribution < -0.4 is 0 Å². The molecule has 7 heteroatoms. The normalized spacial score (nSPS) is 10.6. The van der Waals surface area contributed by atoms with E-state index in [0.717, 1.165) is 0 Å². The van der Waals surface area contributed by atoms with E-state index in [4.69, 9.17) is 14.5 Å². The third-order valence-corrected chi connectivity index (χ3v) is 3.64. The number of rotatable bonds is 5. The van der Waals surface area contributed by atoms with E-state index < -0.39 is 5.97 Å². The minimum Gasteiger partial charge on any atom is -0.462 e. The molecule has 0 radical (unpaired) electrons. The number of halogens is 1. The number of nitrogens with zero attached hydrogens (tertiary/aromatic N) is 3. The van der Waals surface area contributed by atoms with Crippen molar-refractivity contribution in [3.63, 3.8) is 0 Å². The van der Waals surface area contributed by atoms with Crippen LogP contribution in [0.2, 0.25) is 0 Å². The topological polar surface area (TPSA) is 89.0 Å². The van der Waals surface area contributed by atoms with Crippen molar-refractivity contribution in [1.29, 1.82) is 5.26 Å². The van der Waals surface area contributed by atoms with Crippen molar-refractivity contribution < 1.29 is 18.4 Å². The number of aryl methyl sites for hydroxylation is 1. The van der Waals surface area contributed by atoms with E-state index >= 15 is 0 Å². The first kappa shape index (κ1) is 16.6. The van der Waals surface area contributed by atoms with Gasteiger partial charge in [-0.3, -0.25) is 0 Å². The molecule has 3 aromatic rings. The lowest BCUT2D eigenvalue weighted by molar-refractivity contribution is 0.0504. The van der Waals surface area contributed by atoms with Gasteiger partial charge in [0.15, 0.2) is 0 Å².